The van der Waals surface area contributed by atoms with Gasteiger partial charge in [-0.2, -0.15) is 5.10 Å². The van der Waals surface area contributed by atoms with Gasteiger partial charge in [-0.15, -0.1) is 5.10 Å². The topological polar surface area (TPSA) is 94.0 Å². The van der Waals surface area contributed by atoms with Crippen LogP contribution < -0.4 is 10.4 Å². The summed E-state index contributed by atoms with van der Waals surface area (Å²) in [5, 5.41) is 20.7. The molecule has 0 radical (unpaired) electrons. The van der Waals surface area contributed by atoms with Gasteiger partial charge in [0.1, 0.15) is 0 Å². The fraction of sp³-hybridized carbons (Fsp3) is 0.333. The van der Waals surface area contributed by atoms with Crippen molar-refractivity contribution in [2.75, 3.05) is 0 Å². The molecule has 1 fully saturated rings. The van der Waals surface area contributed by atoms with Crippen molar-refractivity contribution in [3.8, 4) is 0 Å². The average molecular weight is 318 g/mol. The molecule has 1 aromatic rings. The molecule has 0 unspecified atom stereocenters. The lowest BCUT2D eigenvalue weighted by molar-refractivity contribution is -0.305. The molecule has 1 atom stereocenters. The highest BCUT2D eigenvalue weighted by Gasteiger charge is 2.30. The van der Waals surface area contributed by atoms with Crippen LogP contribution in [0.2, 0.25) is 0 Å². The number of rotatable bonds is 5. The van der Waals surface area contributed by atoms with Gasteiger partial charge >= 0.3 is 0 Å². The second kappa shape index (κ2) is 7.22. The summed E-state index contributed by atoms with van der Waals surface area (Å²) in [6.45, 7) is 3.91. The molecule has 1 heterocycles. The smallest absolute Gasteiger partial charge is 0.239 e. The van der Waals surface area contributed by atoms with E-state index in [-0.39, 0.29) is 12.3 Å². The van der Waals surface area contributed by atoms with Gasteiger partial charge in [0.25, 0.3) is 0 Å². The zero-order valence-electron chi connectivity index (χ0n) is 12.3. The van der Waals surface area contributed by atoms with Crippen LogP contribution in [0.25, 0.3) is 0 Å². The third kappa shape index (κ3) is 4.17. The van der Waals surface area contributed by atoms with E-state index < -0.39 is 11.2 Å². The fourth-order valence-electron chi connectivity index (χ4n) is 1.90. The molecule has 1 saturated heterocycles. The molecule has 1 aromatic carbocycles. The molecule has 22 heavy (non-hydrogen) atoms. The molecule has 0 aliphatic carbocycles. The summed E-state index contributed by atoms with van der Waals surface area (Å²) in [4.78, 5) is 22.1. The minimum atomic E-state index is -1.26. The Labute approximate surface area is 132 Å². The van der Waals surface area contributed by atoms with Crippen molar-refractivity contribution in [2.24, 2.45) is 10.2 Å². The van der Waals surface area contributed by atoms with Crippen LogP contribution in [0.1, 0.15) is 31.4 Å². The number of nitrogens with one attached hydrogen (secondary N) is 1. The number of aryl methyl sites for hydroxylation is 1. The van der Waals surface area contributed by atoms with Crippen LogP contribution in [0.5, 0.6) is 0 Å². The maximum absolute atomic E-state index is 11.6. The molecule has 2 rings (SSSR count). The Bertz CT molecular complexity index is 638. The quantitative estimate of drug-likeness (QED) is 0.639. The monoisotopic (exact) mass is 318 g/mol. The molecular weight excluding hydrogens is 302 g/mol. The van der Waals surface area contributed by atoms with Crippen molar-refractivity contribution < 1.29 is 14.7 Å². The van der Waals surface area contributed by atoms with Crippen LogP contribution >= 0.6 is 11.8 Å². The number of nitrogens with zero attached hydrogens (tertiary/aromatic N) is 2. The maximum atomic E-state index is 11.6. The molecule has 1 aliphatic heterocycles. The average Bonchev–Trinajstić information content (AvgIpc) is 2.84. The van der Waals surface area contributed by atoms with Gasteiger partial charge < -0.3 is 15.2 Å². The Balaban J connectivity index is 2.06. The molecule has 7 heteroatoms. The number of carboxylic acid groups (broad SMARTS) is 1. The number of aliphatic carboxylic acids is 1. The van der Waals surface area contributed by atoms with Gasteiger partial charge in [-0.3, -0.25) is 4.79 Å². The second-order valence-electron chi connectivity index (χ2n) is 4.81. The summed E-state index contributed by atoms with van der Waals surface area (Å²) in [6, 6.07) is 8.00. The van der Waals surface area contributed by atoms with E-state index in [1.54, 1.807) is 0 Å². The minimum absolute atomic E-state index is 0.306. The van der Waals surface area contributed by atoms with Crippen LogP contribution in [-0.2, 0) is 16.0 Å². The molecule has 0 bridgehead atoms. The van der Waals surface area contributed by atoms with Crippen LogP contribution in [0.3, 0.4) is 0 Å². The zero-order valence-corrected chi connectivity index (χ0v) is 13.1. The number of amides is 1. The number of carboxylic acids is 1. The van der Waals surface area contributed by atoms with E-state index in [1.165, 1.54) is 5.56 Å². The van der Waals surface area contributed by atoms with E-state index in [1.807, 2.05) is 31.2 Å². The van der Waals surface area contributed by atoms with E-state index in [4.69, 9.17) is 0 Å². The molecule has 0 spiro atoms. The summed E-state index contributed by atoms with van der Waals surface area (Å²) in [5.41, 5.74) is 2.90. The van der Waals surface area contributed by atoms with Crippen LogP contribution in [0.15, 0.2) is 34.5 Å². The molecule has 1 aliphatic rings. The number of carbonyl (C=O) groups excluding carboxylic acids is 2. The summed E-state index contributed by atoms with van der Waals surface area (Å²) in [5.74, 6) is -1.64. The first-order valence-electron chi connectivity index (χ1n) is 6.88. The number of amidine groups is 1. The number of thioether (sulfide) groups is 1. The second-order valence-corrected chi connectivity index (χ2v) is 6.00. The highest BCUT2D eigenvalue weighted by Crippen LogP contribution is 2.22. The Morgan fingerprint density at radius 3 is 2.64 bits per heavy atom. The lowest BCUT2D eigenvalue weighted by Crippen LogP contribution is -2.31. The summed E-state index contributed by atoms with van der Waals surface area (Å²) in [7, 11) is 0. The SMILES string of the molecule is CCc1ccc(/C(C)=N\N=C2\NC(=O)[C@@H](CC(=O)[O-])S2)cc1. The van der Waals surface area contributed by atoms with Gasteiger partial charge in [-0.05, 0) is 24.5 Å². The minimum Gasteiger partial charge on any atom is -0.550 e. The van der Waals surface area contributed by atoms with Gasteiger partial charge in [-0.1, -0.05) is 43.0 Å². The first kappa shape index (κ1) is 16.2. The van der Waals surface area contributed by atoms with Gasteiger partial charge in [-0.25, -0.2) is 0 Å². The normalized spacial score (nSPS) is 20.3. The van der Waals surface area contributed by atoms with Crippen LogP contribution in [-0.4, -0.2) is 28.0 Å². The van der Waals surface area contributed by atoms with Crippen molar-refractivity contribution in [1.29, 1.82) is 0 Å². The van der Waals surface area contributed by atoms with Crippen molar-refractivity contribution in [3.63, 3.8) is 0 Å². The fourth-order valence-corrected chi connectivity index (χ4v) is 2.80. The standard InChI is InChI=1S/C15H17N3O3S/c1-3-10-4-6-11(7-5-10)9(2)17-18-15-16-14(21)12(22-15)8-13(19)20/h4-7,12H,3,8H2,1-2H3,(H,19,20)(H,16,18,21)/p-1/b17-9-/t12-/m1/s1. The largest absolute Gasteiger partial charge is 0.550 e. The van der Waals surface area contributed by atoms with Crippen molar-refractivity contribution in [1.82, 2.24) is 5.32 Å². The molecule has 0 saturated carbocycles. The Hall–Kier alpha value is -2.15. The Morgan fingerprint density at radius 2 is 2.05 bits per heavy atom. The van der Waals surface area contributed by atoms with E-state index in [2.05, 4.69) is 22.4 Å². The number of carbonyl (C=O) groups is 2. The third-order valence-electron chi connectivity index (χ3n) is 3.20. The van der Waals surface area contributed by atoms with Crippen LogP contribution in [0.4, 0.5) is 0 Å². The van der Waals surface area contributed by atoms with Crippen molar-refractivity contribution >= 4 is 34.5 Å². The predicted molar refractivity (Wildman–Crippen MR) is 84.6 cm³/mol. The number of benzene rings is 1. The lowest BCUT2D eigenvalue weighted by Gasteiger charge is -2.04. The molecular formula is C15H16N3O3S-. The van der Waals surface area contributed by atoms with Gasteiger partial charge in [0.2, 0.25) is 5.91 Å². The molecule has 1 N–H and O–H groups in total. The van der Waals surface area contributed by atoms with E-state index >= 15 is 0 Å². The van der Waals surface area contributed by atoms with Crippen molar-refractivity contribution in [3.05, 3.63) is 35.4 Å². The van der Waals surface area contributed by atoms with Gasteiger partial charge in [0, 0.05) is 12.4 Å². The van der Waals surface area contributed by atoms with Gasteiger partial charge in [0.15, 0.2) is 5.17 Å². The Morgan fingerprint density at radius 1 is 1.36 bits per heavy atom. The molecule has 1 amide bonds. The van der Waals surface area contributed by atoms with Crippen LogP contribution in [0, 0.1) is 0 Å². The van der Waals surface area contributed by atoms with E-state index in [9.17, 15) is 14.7 Å². The van der Waals surface area contributed by atoms with Crippen molar-refractivity contribution in [2.45, 2.75) is 31.9 Å². The Kier molecular flexibility index (Phi) is 5.32. The maximum Gasteiger partial charge on any atom is 0.239 e. The summed E-state index contributed by atoms with van der Waals surface area (Å²) >= 11 is 1.05. The van der Waals surface area contributed by atoms with E-state index in [0.717, 1.165) is 23.7 Å². The predicted octanol–water partition coefficient (Wildman–Crippen LogP) is 0.701. The molecule has 0 aromatic heterocycles. The summed E-state index contributed by atoms with van der Waals surface area (Å²) in [6.07, 6.45) is 0.637. The number of hydrogen-bond acceptors (Lipinski definition) is 6. The highest BCUT2D eigenvalue weighted by atomic mass is 32.2. The highest BCUT2D eigenvalue weighted by molar-refractivity contribution is 8.15. The van der Waals surface area contributed by atoms with Gasteiger partial charge in [0.05, 0.1) is 11.0 Å². The first-order chi connectivity index (χ1) is 10.5. The first-order valence-corrected chi connectivity index (χ1v) is 7.76. The molecule has 6 nitrogen and oxygen atoms in total. The zero-order chi connectivity index (χ0) is 16.1. The third-order valence-corrected chi connectivity index (χ3v) is 4.27. The lowest BCUT2D eigenvalue weighted by atomic mass is 10.1. The summed E-state index contributed by atoms with van der Waals surface area (Å²) < 4.78 is 0. The molecule has 116 valence electrons. The van der Waals surface area contributed by atoms with E-state index in [0.29, 0.717) is 10.9 Å². The number of hydrogen-bond donors (Lipinski definition) is 1.